The van der Waals surface area contributed by atoms with Crippen LogP contribution in [-0.2, 0) is 6.54 Å². The van der Waals surface area contributed by atoms with E-state index in [1.807, 2.05) is 6.07 Å². The van der Waals surface area contributed by atoms with Crippen LogP contribution >= 0.6 is 28.3 Å². The van der Waals surface area contributed by atoms with Gasteiger partial charge in [0.05, 0.1) is 0 Å². The lowest BCUT2D eigenvalue weighted by atomic mass is 10.2. The molecule has 1 saturated heterocycles. The largest absolute Gasteiger partial charge is 0.315 e. The van der Waals surface area contributed by atoms with Crippen molar-refractivity contribution in [1.82, 2.24) is 10.2 Å². The molecular formula is C12H17BrClFN2. The van der Waals surface area contributed by atoms with Crippen LogP contribution in [0, 0.1) is 5.82 Å². The van der Waals surface area contributed by atoms with Crippen LogP contribution in [0.2, 0.25) is 0 Å². The molecule has 0 spiro atoms. The monoisotopic (exact) mass is 322 g/mol. The highest BCUT2D eigenvalue weighted by molar-refractivity contribution is 9.10. The second-order valence-electron chi connectivity index (χ2n) is 4.12. The topological polar surface area (TPSA) is 15.3 Å². The Balaban J connectivity index is 0.00000144. The molecule has 0 bridgehead atoms. The number of rotatable bonds is 2. The number of hydrogen-bond donors (Lipinski definition) is 1. The number of nitrogens with one attached hydrogen (secondary N) is 1. The average Bonchev–Trinajstić information content (AvgIpc) is 2.51. The molecule has 1 N–H and O–H groups in total. The van der Waals surface area contributed by atoms with Crippen molar-refractivity contribution in [2.24, 2.45) is 0 Å². The van der Waals surface area contributed by atoms with Gasteiger partial charge in [-0.25, -0.2) is 4.39 Å². The van der Waals surface area contributed by atoms with Gasteiger partial charge in [-0.15, -0.1) is 12.4 Å². The van der Waals surface area contributed by atoms with E-state index >= 15 is 0 Å². The Bertz CT molecular complexity index is 354. The van der Waals surface area contributed by atoms with Gasteiger partial charge in [-0.05, 0) is 37.2 Å². The zero-order valence-electron chi connectivity index (χ0n) is 9.59. The molecule has 1 aliphatic heterocycles. The van der Waals surface area contributed by atoms with Crippen LogP contribution in [0.15, 0.2) is 22.7 Å². The molecule has 0 aliphatic carbocycles. The summed E-state index contributed by atoms with van der Waals surface area (Å²) >= 11 is 3.41. The first kappa shape index (κ1) is 14.9. The van der Waals surface area contributed by atoms with Gasteiger partial charge < -0.3 is 5.32 Å². The van der Waals surface area contributed by atoms with Crippen molar-refractivity contribution in [3.8, 4) is 0 Å². The third kappa shape index (κ3) is 4.54. The predicted molar refractivity (Wildman–Crippen MR) is 74.1 cm³/mol. The lowest BCUT2D eigenvalue weighted by molar-refractivity contribution is 0.284. The Morgan fingerprint density at radius 1 is 1.29 bits per heavy atom. The van der Waals surface area contributed by atoms with E-state index < -0.39 is 0 Å². The number of benzene rings is 1. The molecule has 1 heterocycles. The van der Waals surface area contributed by atoms with Crippen LogP contribution in [-0.4, -0.2) is 31.1 Å². The van der Waals surface area contributed by atoms with Gasteiger partial charge in [0.25, 0.3) is 0 Å². The number of hydrogen-bond acceptors (Lipinski definition) is 2. The maximum absolute atomic E-state index is 12.9. The van der Waals surface area contributed by atoms with E-state index in [2.05, 4.69) is 26.1 Å². The fourth-order valence-electron chi connectivity index (χ4n) is 1.95. The van der Waals surface area contributed by atoms with Gasteiger partial charge in [0.15, 0.2) is 0 Å². The summed E-state index contributed by atoms with van der Waals surface area (Å²) in [4.78, 5) is 2.40. The molecule has 17 heavy (non-hydrogen) atoms. The van der Waals surface area contributed by atoms with Crippen LogP contribution < -0.4 is 5.32 Å². The van der Waals surface area contributed by atoms with Crippen LogP contribution in [0.25, 0.3) is 0 Å². The summed E-state index contributed by atoms with van der Waals surface area (Å²) in [6, 6.07) is 4.92. The van der Waals surface area contributed by atoms with Gasteiger partial charge in [0.1, 0.15) is 5.82 Å². The van der Waals surface area contributed by atoms with Crippen LogP contribution in [0.1, 0.15) is 12.0 Å². The molecule has 0 radical (unpaired) electrons. The second-order valence-corrected chi connectivity index (χ2v) is 4.97. The molecule has 0 atom stereocenters. The minimum atomic E-state index is -0.187. The van der Waals surface area contributed by atoms with Crippen molar-refractivity contribution in [2.45, 2.75) is 13.0 Å². The molecule has 2 nitrogen and oxygen atoms in total. The van der Waals surface area contributed by atoms with E-state index in [1.165, 1.54) is 18.6 Å². The molecule has 1 fully saturated rings. The number of halogens is 3. The molecule has 0 unspecified atom stereocenters. The van der Waals surface area contributed by atoms with Crippen molar-refractivity contribution in [3.05, 3.63) is 34.1 Å². The molecule has 1 aliphatic rings. The quantitative estimate of drug-likeness (QED) is 0.900. The molecule has 0 amide bonds. The standard InChI is InChI=1S/C12H16BrFN2.ClH/c13-12-8-11(14)3-2-10(12)9-16-6-1-4-15-5-7-16;/h2-3,8,15H,1,4-7,9H2;1H. The first-order valence-corrected chi connectivity index (χ1v) is 6.42. The molecular weight excluding hydrogens is 307 g/mol. The fraction of sp³-hybridized carbons (Fsp3) is 0.500. The van der Waals surface area contributed by atoms with E-state index in [-0.39, 0.29) is 18.2 Å². The lowest BCUT2D eigenvalue weighted by Crippen LogP contribution is -2.27. The predicted octanol–water partition coefficient (Wildman–Crippen LogP) is 2.81. The molecule has 1 aromatic rings. The first-order valence-electron chi connectivity index (χ1n) is 5.63. The summed E-state index contributed by atoms with van der Waals surface area (Å²) in [5.41, 5.74) is 1.16. The molecule has 0 saturated carbocycles. The summed E-state index contributed by atoms with van der Waals surface area (Å²) in [7, 11) is 0. The van der Waals surface area contributed by atoms with E-state index in [4.69, 9.17) is 0 Å². The maximum atomic E-state index is 12.9. The highest BCUT2D eigenvalue weighted by Crippen LogP contribution is 2.19. The van der Waals surface area contributed by atoms with Crippen molar-refractivity contribution in [1.29, 1.82) is 0 Å². The Hall–Kier alpha value is -0.160. The van der Waals surface area contributed by atoms with Crippen molar-refractivity contribution in [2.75, 3.05) is 26.2 Å². The third-order valence-electron chi connectivity index (χ3n) is 2.84. The van der Waals surface area contributed by atoms with E-state index in [0.29, 0.717) is 0 Å². The summed E-state index contributed by atoms with van der Waals surface area (Å²) < 4.78 is 13.8. The lowest BCUT2D eigenvalue weighted by Gasteiger charge is -2.20. The molecule has 5 heteroatoms. The van der Waals surface area contributed by atoms with Gasteiger partial charge in [-0.1, -0.05) is 22.0 Å². The van der Waals surface area contributed by atoms with Gasteiger partial charge in [0, 0.05) is 24.1 Å². The highest BCUT2D eigenvalue weighted by atomic mass is 79.9. The van der Waals surface area contributed by atoms with Crippen LogP contribution in [0.3, 0.4) is 0 Å². The fourth-order valence-corrected chi connectivity index (χ4v) is 2.43. The Morgan fingerprint density at radius 2 is 2.12 bits per heavy atom. The van der Waals surface area contributed by atoms with Gasteiger partial charge in [-0.2, -0.15) is 0 Å². The second kappa shape index (κ2) is 7.31. The average molecular weight is 324 g/mol. The SMILES string of the molecule is Cl.Fc1ccc(CN2CCCNCC2)c(Br)c1. The molecule has 2 rings (SSSR count). The van der Waals surface area contributed by atoms with E-state index in [0.717, 1.165) is 42.8 Å². The van der Waals surface area contributed by atoms with Crippen molar-refractivity contribution >= 4 is 28.3 Å². The van der Waals surface area contributed by atoms with E-state index in [1.54, 1.807) is 0 Å². The molecule has 0 aromatic heterocycles. The molecule has 1 aromatic carbocycles. The van der Waals surface area contributed by atoms with Crippen LogP contribution in [0.5, 0.6) is 0 Å². The summed E-state index contributed by atoms with van der Waals surface area (Å²) in [5.74, 6) is -0.187. The minimum absolute atomic E-state index is 0. The Labute approximate surface area is 116 Å². The van der Waals surface area contributed by atoms with Gasteiger partial charge >= 0.3 is 0 Å². The first-order chi connectivity index (χ1) is 7.75. The smallest absolute Gasteiger partial charge is 0.124 e. The summed E-state index contributed by atoms with van der Waals surface area (Å²) in [5, 5.41) is 3.37. The summed E-state index contributed by atoms with van der Waals surface area (Å²) in [6.07, 6.45) is 1.18. The zero-order valence-corrected chi connectivity index (χ0v) is 12.0. The normalized spacial score (nSPS) is 17.3. The highest BCUT2D eigenvalue weighted by Gasteiger charge is 2.10. The van der Waals surface area contributed by atoms with E-state index in [9.17, 15) is 4.39 Å². The maximum Gasteiger partial charge on any atom is 0.124 e. The molecule has 96 valence electrons. The number of nitrogens with zero attached hydrogens (tertiary/aromatic N) is 1. The minimum Gasteiger partial charge on any atom is -0.315 e. The third-order valence-corrected chi connectivity index (χ3v) is 3.58. The van der Waals surface area contributed by atoms with Crippen LogP contribution in [0.4, 0.5) is 4.39 Å². The zero-order chi connectivity index (χ0) is 11.4. The Morgan fingerprint density at radius 3 is 2.88 bits per heavy atom. The van der Waals surface area contributed by atoms with Crippen molar-refractivity contribution in [3.63, 3.8) is 0 Å². The van der Waals surface area contributed by atoms with Gasteiger partial charge in [-0.3, -0.25) is 4.90 Å². The van der Waals surface area contributed by atoms with Crippen molar-refractivity contribution < 1.29 is 4.39 Å². The Kier molecular flexibility index (Phi) is 6.41. The van der Waals surface area contributed by atoms with Gasteiger partial charge in [0.2, 0.25) is 0 Å². The summed E-state index contributed by atoms with van der Waals surface area (Å²) in [6.45, 7) is 5.20.